The highest BCUT2D eigenvalue weighted by Gasteiger charge is 2.34. The van der Waals surface area contributed by atoms with Crippen molar-refractivity contribution < 1.29 is 17.6 Å². The Morgan fingerprint density at radius 2 is 1.95 bits per heavy atom. The van der Waals surface area contributed by atoms with E-state index in [4.69, 9.17) is 0 Å². The van der Waals surface area contributed by atoms with E-state index < -0.39 is 27.2 Å². The molecule has 2 aromatic carbocycles. The van der Waals surface area contributed by atoms with Crippen LogP contribution in [0.5, 0.6) is 0 Å². The van der Waals surface area contributed by atoms with Gasteiger partial charge in [-0.2, -0.15) is 0 Å². The molecule has 1 fully saturated rings. The lowest BCUT2D eigenvalue weighted by Crippen LogP contribution is -2.38. The zero-order valence-electron chi connectivity index (χ0n) is 11.1. The zero-order chi connectivity index (χ0) is 14.8. The van der Waals surface area contributed by atoms with Gasteiger partial charge in [-0.05, 0) is 12.5 Å². The Kier molecular flexibility index (Phi) is 2.45. The minimum Gasteiger partial charge on any atom is -0.369 e. The molecule has 0 aliphatic carbocycles. The predicted molar refractivity (Wildman–Crippen MR) is 77.1 cm³/mol. The molecule has 21 heavy (non-hydrogen) atoms. The van der Waals surface area contributed by atoms with Crippen molar-refractivity contribution in [3.05, 3.63) is 35.6 Å². The van der Waals surface area contributed by atoms with E-state index in [1.807, 2.05) is 4.90 Å². The topological polar surface area (TPSA) is 54.5 Å². The van der Waals surface area contributed by atoms with Gasteiger partial charge in [0.25, 0.3) is 0 Å². The van der Waals surface area contributed by atoms with Gasteiger partial charge in [0.2, 0.25) is 0 Å². The number of rotatable bonds is 1. The SMILES string of the molecule is O=C1CS(=O)(=O)c2cc(F)c(N3CCC3)c3cccc1c23. The van der Waals surface area contributed by atoms with E-state index in [0.29, 0.717) is 22.0 Å². The van der Waals surface area contributed by atoms with Crippen molar-refractivity contribution in [2.45, 2.75) is 11.3 Å². The third kappa shape index (κ3) is 1.65. The number of hydrogen-bond acceptors (Lipinski definition) is 4. The Morgan fingerprint density at radius 1 is 1.19 bits per heavy atom. The highest BCUT2D eigenvalue weighted by molar-refractivity contribution is 7.92. The van der Waals surface area contributed by atoms with Gasteiger partial charge in [0, 0.05) is 29.4 Å². The van der Waals surface area contributed by atoms with Gasteiger partial charge in [0.05, 0.1) is 10.6 Å². The van der Waals surface area contributed by atoms with Gasteiger partial charge in [-0.25, -0.2) is 12.8 Å². The normalized spacial score (nSPS) is 19.7. The van der Waals surface area contributed by atoms with Gasteiger partial charge in [0.15, 0.2) is 15.6 Å². The van der Waals surface area contributed by atoms with Crippen LogP contribution in [0.15, 0.2) is 29.2 Å². The van der Waals surface area contributed by atoms with Crippen LogP contribution in [0, 0.1) is 5.82 Å². The van der Waals surface area contributed by atoms with Crippen molar-refractivity contribution in [2.75, 3.05) is 23.7 Å². The Hall–Kier alpha value is -1.95. The lowest BCUT2D eigenvalue weighted by molar-refractivity contribution is 0.102. The first-order chi connectivity index (χ1) is 9.99. The van der Waals surface area contributed by atoms with Crippen LogP contribution in [0.1, 0.15) is 16.8 Å². The Morgan fingerprint density at radius 3 is 2.62 bits per heavy atom. The molecule has 0 bridgehead atoms. The fraction of sp³-hybridized carbons (Fsp3) is 0.267. The molecule has 2 heterocycles. The zero-order valence-corrected chi connectivity index (χ0v) is 11.9. The maximum atomic E-state index is 14.4. The summed E-state index contributed by atoms with van der Waals surface area (Å²) >= 11 is 0. The smallest absolute Gasteiger partial charge is 0.186 e. The fourth-order valence-corrected chi connectivity index (χ4v) is 4.54. The molecule has 2 aliphatic heterocycles. The molecule has 4 nitrogen and oxygen atoms in total. The fourth-order valence-electron chi connectivity index (χ4n) is 3.07. The first kappa shape index (κ1) is 12.8. The van der Waals surface area contributed by atoms with Gasteiger partial charge in [-0.15, -0.1) is 0 Å². The van der Waals surface area contributed by atoms with E-state index in [-0.39, 0.29) is 4.90 Å². The van der Waals surface area contributed by atoms with Crippen LogP contribution in [0.2, 0.25) is 0 Å². The van der Waals surface area contributed by atoms with Crippen molar-refractivity contribution in [3.8, 4) is 0 Å². The summed E-state index contributed by atoms with van der Waals surface area (Å²) in [5.41, 5.74) is 0.783. The molecule has 0 radical (unpaired) electrons. The highest BCUT2D eigenvalue weighted by Crippen LogP contribution is 2.40. The summed E-state index contributed by atoms with van der Waals surface area (Å²) in [5.74, 6) is -1.54. The minimum absolute atomic E-state index is 0.0607. The summed E-state index contributed by atoms with van der Waals surface area (Å²) in [6.45, 7) is 1.49. The van der Waals surface area contributed by atoms with E-state index in [1.54, 1.807) is 18.2 Å². The van der Waals surface area contributed by atoms with Crippen LogP contribution in [-0.2, 0) is 9.84 Å². The number of sulfone groups is 1. The molecular formula is C15H12FNO3S. The van der Waals surface area contributed by atoms with Crippen molar-refractivity contribution in [1.29, 1.82) is 0 Å². The van der Waals surface area contributed by atoms with E-state index in [2.05, 4.69) is 0 Å². The lowest BCUT2D eigenvalue weighted by atomic mass is 9.98. The number of Topliss-reactive ketones (excluding diaryl/α,β-unsaturated/α-hetero) is 1. The number of halogens is 1. The quantitative estimate of drug-likeness (QED) is 0.810. The van der Waals surface area contributed by atoms with E-state index in [1.165, 1.54) is 0 Å². The van der Waals surface area contributed by atoms with Crippen LogP contribution < -0.4 is 4.90 Å². The third-order valence-electron chi connectivity index (χ3n) is 4.18. The van der Waals surface area contributed by atoms with Crippen molar-refractivity contribution in [1.82, 2.24) is 0 Å². The lowest BCUT2D eigenvalue weighted by Gasteiger charge is -2.35. The van der Waals surface area contributed by atoms with Gasteiger partial charge in [-0.3, -0.25) is 4.79 Å². The molecule has 6 heteroatoms. The van der Waals surface area contributed by atoms with Crippen LogP contribution in [-0.4, -0.2) is 33.0 Å². The molecule has 0 aromatic heterocycles. The molecule has 0 N–H and O–H groups in total. The number of ketones is 1. The first-order valence-corrected chi connectivity index (χ1v) is 8.40. The second-order valence-corrected chi connectivity index (χ2v) is 7.41. The number of carbonyl (C=O) groups is 1. The maximum Gasteiger partial charge on any atom is 0.186 e. The van der Waals surface area contributed by atoms with Crippen molar-refractivity contribution in [3.63, 3.8) is 0 Å². The second kappa shape index (κ2) is 4.04. The number of carbonyl (C=O) groups excluding carboxylic acids is 1. The van der Waals surface area contributed by atoms with Crippen molar-refractivity contribution in [2.24, 2.45) is 0 Å². The van der Waals surface area contributed by atoms with E-state index >= 15 is 0 Å². The Bertz CT molecular complexity index is 901. The maximum absolute atomic E-state index is 14.4. The Labute approximate surface area is 121 Å². The molecule has 0 saturated carbocycles. The molecule has 1 saturated heterocycles. The standard InChI is InChI=1S/C15H12FNO3S/c16-11-7-13-14-9(12(18)8-21(13,19)20)3-1-4-10(14)15(11)17-5-2-6-17/h1,3-4,7H,2,5-6,8H2. The van der Waals surface area contributed by atoms with E-state index in [9.17, 15) is 17.6 Å². The molecule has 2 aliphatic rings. The van der Waals surface area contributed by atoms with Gasteiger partial charge in [0.1, 0.15) is 11.6 Å². The largest absolute Gasteiger partial charge is 0.369 e. The predicted octanol–water partition coefficient (Wildman–Crippen LogP) is 2.16. The number of benzene rings is 2. The molecule has 108 valence electrons. The summed E-state index contributed by atoms with van der Waals surface area (Å²) in [6.07, 6.45) is 0.986. The summed E-state index contributed by atoms with van der Waals surface area (Å²) in [7, 11) is -3.76. The molecule has 4 rings (SSSR count). The molecule has 0 amide bonds. The molecule has 0 unspecified atom stereocenters. The summed E-state index contributed by atoms with van der Waals surface area (Å²) < 4.78 is 38.8. The van der Waals surface area contributed by atoms with Gasteiger partial charge < -0.3 is 4.90 Å². The van der Waals surface area contributed by atoms with Gasteiger partial charge in [-0.1, -0.05) is 18.2 Å². The highest BCUT2D eigenvalue weighted by atomic mass is 32.2. The monoisotopic (exact) mass is 305 g/mol. The van der Waals surface area contributed by atoms with Gasteiger partial charge >= 0.3 is 0 Å². The third-order valence-corrected chi connectivity index (χ3v) is 5.81. The first-order valence-electron chi connectivity index (χ1n) is 6.75. The summed E-state index contributed by atoms with van der Waals surface area (Å²) in [4.78, 5) is 13.9. The number of hydrogen-bond donors (Lipinski definition) is 0. The Balaban J connectivity index is 2.18. The average Bonchev–Trinajstić information content (AvgIpc) is 2.36. The van der Waals surface area contributed by atoms with Crippen LogP contribution in [0.25, 0.3) is 10.8 Å². The molecule has 0 spiro atoms. The summed E-state index contributed by atoms with van der Waals surface area (Å²) in [5, 5.41) is 0.885. The number of anilines is 1. The van der Waals surface area contributed by atoms with Crippen LogP contribution >= 0.6 is 0 Å². The second-order valence-electron chi connectivity index (χ2n) is 5.46. The number of nitrogens with zero attached hydrogens (tertiary/aromatic N) is 1. The molecular weight excluding hydrogens is 293 g/mol. The van der Waals surface area contributed by atoms with E-state index in [0.717, 1.165) is 25.6 Å². The van der Waals surface area contributed by atoms with Crippen LogP contribution in [0.3, 0.4) is 0 Å². The van der Waals surface area contributed by atoms with Crippen LogP contribution in [0.4, 0.5) is 10.1 Å². The molecule has 2 aromatic rings. The summed E-state index contributed by atoms with van der Waals surface area (Å²) in [6, 6.07) is 6.05. The molecule has 0 atom stereocenters. The average molecular weight is 305 g/mol. The van der Waals surface area contributed by atoms with Crippen molar-refractivity contribution >= 4 is 32.1 Å². The minimum atomic E-state index is -3.76.